The third-order valence-corrected chi connectivity index (χ3v) is 11.0. The number of nitrogens with zero attached hydrogens (tertiary/aromatic N) is 3. The predicted octanol–water partition coefficient (Wildman–Crippen LogP) is 7.30. The van der Waals surface area contributed by atoms with E-state index in [9.17, 15) is 18.3 Å². The first-order valence-corrected chi connectivity index (χ1v) is 17.1. The first-order valence-electron chi connectivity index (χ1n) is 14.1. The van der Waals surface area contributed by atoms with E-state index in [1.54, 1.807) is 30.3 Å². The molecule has 250 valence electrons. The summed E-state index contributed by atoms with van der Waals surface area (Å²) in [7, 11) is -1.98. The van der Waals surface area contributed by atoms with Gasteiger partial charge in [-0.25, -0.2) is 31.3 Å². The molecule has 1 unspecified atom stereocenters. The summed E-state index contributed by atoms with van der Waals surface area (Å²) in [4.78, 5) is 16.1. The minimum absolute atomic E-state index is 0.0625. The number of aromatic nitrogens is 1. The molecule has 10 nitrogen and oxygen atoms in total. The average Bonchev–Trinajstić information content (AvgIpc) is 3.49. The number of hydrogen-bond acceptors (Lipinski definition) is 8. The molecule has 2 atom stereocenters. The van der Waals surface area contributed by atoms with Crippen LogP contribution in [0.5, 0.6) is 17.2 Å². The number of carboxylic acid groups (broad SMARTS) is 1. The Labute approximate surface area is 284 Å². The van der Waals surface area contributed by atoms with E-state index in [0.717, 1.165) is 27.3 Å². The highest BCUT2D eigenvalue weighted by molar-refractivity contribution is 7.93. The number of sulfonamides is 1. The van der Waals surface area contributed by atoms with E-state index in [0.29, 0.717) is 28.8 Å². The standard InChI is InChI=1S/C31H29Cl2F2N3O7S2/c1-43-23-8-5-19(25(13-23)44-2)16-38(30-36-14-28(33)46-30)47(41,42)27-12-22(34)11-26(29(27)35)45-17-20-15-37(31(39)40)10-9-24(20)18-3-6-21(32)7-4-18/h3-8,11-14,20,24H,9-10,15-17H2,1-2H3,(H,39,40)/t20?,24-/m1/s1. The molecule has 47 heavy (non-hydrogen) atoms. The number of thiazole rings is 1. The van der Waals surface area contributed by atoms with Crippen LogP contribution in [0, 0.1) is 17.6 Å². The molecule has 4 aromatic rings. The molecule has 1 aliphatic rings. The Kier molecular flexibility index (Phi) is 10.6. The van der Waals surface area contributed by atoms with Crippen molar-refractivity contribution in [2.75, 3.05) is 38.2 Å². The molecule has 2 heterocycles. The van der Waals surface area contributed by atoms with Crippen molar-refractivity contribution in [1.29, 1.82) is 0 Å². The molecule has 3 aromatic carbocycles. The fourth-order valence-electron chi connectivity index (χ4n) is 5.43. The lowest BCUT2D eigenvalue weighted by molar-refractivity contribution is 0.0926. The second-order valence-corrected chi connectivity index (χ2v) is 14.5. The van der Waals surface area contributed by atoms with Gasteiger partial charge in [-0.2, -0.15) is 0 Å². The average molecular weight is 729 g/mol. The molecule has 0 aliphatic carbocycles. The van der Waals surface area contributed by atoms with Gasteiger partial charge in [0.1, 0.15) is 26.5 Å². The van der Waals surface area contributed by atoms with Crippen LogP contribution in [0.15, 0.2) is 65.7 Å². The molecule has 1 fully saturated rings. The number of carbonyl (C=O) groups is 1. The number of methoxy groups -OCH3 is 2. The zero-order valence-corrected chi connectivity index (χ0v) is 28.2. The number of ether oxygens (including phenoxy) is 3. The molecule has 0 radical (unpaired) electrons. The SMILES string of the molecule is COc1ccc(CN(c2ncc(Cl)s2)S(=O)(=O)c2cc(F)cc(OCC3CN(C(=O)O)CC[C@@H]3c3ccc(Cl)cc3)c2F)c(OC)c1. The summed E-state index contributed by atoms with van der Waals surface area (Å²) in [5.41, 5.74) is 1.26. The monoisotopic (exact) mass is 727 g/mol. The van der Waals surface area contributed by atoms with E-state index in [4.69, 9.17) is 37.4 Å². The number of amides is 1. The minimum Gasteiger partial charge on any atom is -0.497 e. The number of rotatable bonds is 11. The van der Waals surface area contributed by atoms with E-state index in [-0.39, 0.29) is 47.4 Å². The van der Waals surface area contributed by atoms with Gasteiger partial charge in [0.2, 0.25) is 5.13 Å². The van der Waals surface area contributed by atoms with E-state index < -0.39 is 44.3 Å². The summed E-state index contributed by atoms with van der Waals surface area (Å²) < 4.78 is 76.8. The smallest absolute Gasteiger partial charge is 0.407 e. The van der Waals surface area contributed by atoms with Crippen molar-refractivity contribution in [2.24, 2.45) is 5.92 Å². The number of piperidine rings is 1. The van der Waals surface area contributed by atoms with Crippen molar-refractivity contribution < 1.29 is 41.3 Å². The molecule has 0 bridgehead atoms. The molecule has 16 heteroatoms. The highest BCUT2D eigenvalue weighted by atomic mass is 35.5. The molecule has 1 amide bonds. The van der Waals surface area contributed by atoms with Gasteiger partial charge < -0.3 is 24.2 Å². The van der Waals surface area contributed by atoms with Crippen molar-refractivity contribution in [2.45, 2.75) is 23.8 Å². The molecule has 1 saturated heterocycles. The van der Waals surface area contributed by atoms with Crippen molar-refractivity contribution in [1.82, 2.24) is 9.88 Å². The van der Waals surface area contributed by atoms with Gasteiger partial charge in [-0.1, -0.05) is 46.7 Å². The Hall–Kier alpha value is -3.85. The Morgan fingerprint density at radius 1 is 1.09 bits per heavy atom. The number of hydrogen-bond donors (Lipinski definition) is 1. The summed E-state index contributed by atoms with van der Waals surface area (Å²) in [6.07, 6.45) is 0.576. The topological polar surface area (TPSA) is 118 Å². The largest absolute Gasteiger partial charge is 0.497 e. The van der Waals surface area contributed by atoms with Crippen LogP contribution in [0.3, 0.4) is 0 Å². The molecular weight excluding hydrogens is 699 g/mol. The fraction of sp³-hybridized carbons (Fsp3) is 0.290. The Balaban J connectivity index is 1.48. The van der Waals surface area contributed by atoms with Gasteiger partial charge in [0.15, 0.2) is 11.6 Å². The van der Waals surface area contributed by atoms with Gasteiger partial charge in [0.05, 0.1) is 33.6 Å². The molecule has 0 spiro atoms. The van der Waals surface area contributed by atoms with Gasteiger partial charge in [0, 0.05) is 41.7 Å². The lowest BCUT2D eigenvalue weighted by atomic mass is 9.81. The third-order valence-electron chi connectivity index (χ3n) is 7.78. The maximum atomic E-state index is 16.1. The minimum atomic E-state index is -4.83. The first kappa shape index (κ1) is 34.5. The van der Waals surface area contributed by atoms with Crippen LogP contribution in [-0.4, -0.2) is 63.4 Å². The van der Waals surface area contributed by atoms with Crippen LogP contribution in [0.2, 0.25) is 9.36 Å². The van der Waals surface area contributed by atoms with Crippen LogP contribution >= 0.6 is 34.5 Å². The third kappa shape index (κ3) is 7.67. The maximum absolute atomic E-state index is 16.1. The summed E-state index contributed by atoms with van der Waals surface area (Å²) in [6, 6.07) is 13.1. The number of benzene rings is 3. The zero-order chi connectivity index (χ0) is 33.9. The van der Waals surface area contributed by atoms with Gasteiger partial charge >= 0.3 is 6.09 Å². The zero-order valence-electron chi connectivity index (χ0n) is 25.0. The molecule has 1 aromatic heterocycles. The quantitative estimate of drug-likeness (QED) is 0.171. The summed E-state index contributed by atoms with van der Waals surface area (Å²) >= 11 is 13.0. The Morgan fingerprint density at radius 2 is 1.83 bits per heavy atom. The normalized spacial score (nSPS) is 16.5. The van der Waals surface area contributed by atoms with Crippen molar-refractivity contribution in [3.63, 3.8) is 0 Å². The van der Waals surface area contributed by atoms with E-state index >= 15 is 8.78 Å². The lowest BCUT2D eigenvalue weighted by Gasteiger charge is -2.37. The van der Waals surface area contributed by atoms with Crippen LogP contribution in [0.25, 0.3) is 0 Å². The highest BCUT2D eigenvalue weighted by Crippen LogP contribution is 2.38. The maximum Gasteiger partial charge on any atom is 0.407 e. The summed E-state index contributed by atoms with van der Waals surface area (Å²) in [6.45, 7) is -0.272. The van der Waals surface area contributed by atoms with Crippen molar-refractivity contribution in [3.8, 4) is 17.2 Å². The Morgan fingerprint density at radius 3 is 2.47 bits per heavy atom. The number of likely N-dealkylation sites (tertiary alicyclic amines) is 1. The van der Waals surface area contributed by atoms with Gasteiger partial charge in [-0.15, -0.1) is 0 Å². The van der Waals surface area contributed by atoms with E-state index in [2.05, 4.69) is 4.98 Å². The fourth-order valence-corrected chi connectivity index (χ4v) is 8.15. The number of anilines is 1. The van der Waals surface area contributed by atoms with Crippen molar-refractivity contribution >= 4 is 55.8 Å². The number of halogens is 4. The van der Waals surface area contributed by atoms with Gasteiger partial charge in [-0.3, -0.25) is 0 Å². The van der Waals surface area contributed by atoms with Crippen LogP contribution in [0.4, 0.5) is 18.7 Å². The Bertz CT molecular complexity index is 1860. The second-order valence-electron chi connectivity index (χ2n) is 10.6. The molecule has 1 aliphatic heterocycles. The van der Waals surface area contributed by atoms with Gasteiger partial charge in [-0.05, 0) is 48.2 Å². The van der Waals surface area contributed by atoms with Crippen molar-refractivity contribution in [3.05, 3.63) is 92.9 Å². The lowest BCUT2D eigenvalue weighted by Crippen LogP contribution is -2.44. The van der Waals surface area contributed by atoms with Crippen LogP contribution in [0.1, 0.15) is 23.5 Å². The van der Waals surface area contributed by atoms with Crippen LogP contribution in [-0.2, 0) is 16.6 Å². The van der Waals surface area contributed by atoms with Gasteiger partial charge in [0.25, 0.3) is 10.0 Å². The summed E-state index contributed by atoms with van der Waals surface area (Å²) in [5.74, 6) is -2.96. The highest BCUT2D eigenvalue weighted by Gasteiger charge is 2.36. The van der Waals surface area contributed by atoms with E-state index in [1.807, 2.05) is 12.1 Å². The second kappa shape index (κ2) is 14.5. The van der Waals surface area contributed by atoms with E-state index in [1.165, 1.54) is 25.3 Å². The molecule has 5 rings (SSSR count). The predicted molar refractivity (Wildman–Crippen MR) is 174 cm³/mol. The first-order chi connectivity index (χ1) is 22.4. The summed E-state index contributed by atoms with van der Waals surface area (Å²) in [5, 5.41) is 10.0. The van der Waals surface area contributed by atoms with Crippen LogP contribution < -0.4 is 18.5 Å². The molecular formula is C31H29Cl2F2N3O7S2. The molecule has 1 N–H and O–H groups in total. The molecule has 0 saturated carbocycles.